The first kappa shape index (κ1) is 9.01. The summed E-state index contributed by atoms with van der Waals surface area (Å²) in [5.41, 5.74) is 0. The van der Waals surface area contributed by atoms with Crippen LogP contribution in [0.5, 0.6) is 0 Å². The third-order valence-corrected chi connectivity index (χ3v) is 2.36. The third-order valence-electron chi connectivity index (χ3n) is 2.36. The summed E-state index contributed by atoms with van der Waals surface area (Å²) in [5, 5.41) is 3.56. The van der Waals surface area contributed by atoms with Gasteiger partial charge in [0.2, 0.25) is 0 Å². The molecule has 66 valence electrons. The Bertz CT molecular complexity index is 116. The predicted molar refractivity (Wildman–Crippen MR) is 46.7 cm³/mol. The average Bonchev–Trinajstić information content (AvgIpc) is 2.62. The van der Waals surface area contributed by atoms with Gasteiger partial charge in [-0.25, -0.2) is 0 Å². The smallest absolute Gasteiger partial charge is 0.0476 e. The van der Waals surface area contributed by atoms with Crippen LogP contribution in [0.4, 0.5) is 0 Å². The van der Waals surface area contributed by atoms with Crippen molar-refractivity contribution in [1.29, 1.82) is 0 Å². The van der Waals surface area contributed by atoms with E-state index >= 15 is 0 Å². The second-order valence-corrected chi connectivity index (χ2v) is 3.67. The monoisotopic (exact) mass is 157 g/mol. The maximum atomic E-state index is 5.00. The minimum Gasteiger partial charge on any atom is -0.385 e. The summed E-state index contributed by atoms with van der Waals surface area (Å²) in [4.78, 5) is 0. The maximum Gasteiger partial charge on any atom is 0.0476 e. The number of nitrogens with one attached hydrogen (secondary N) is 1. The van der Waals surface area contributed by atoms with Gasteiger partial charge < -0.3 is 10.1 Å². The highest BCUT2D eigenvalue weighted by molar-refractivity contribution is 4.90. The SMILES string of the molecule is COCCC(C)NC1CC1C. The van der Waals surface area contributed by atoms with Gasteiger partial charge in [-0.3, -0.25) is 0 Å². The van der Waals surface area contributed by atoms with Crippen LogP contribution in [0.25, 0.3) is 0 Å². The first-order valence-electron chi connectivity index (χ1n) is 4.49. The van der Waals surface area contributed by atoms with Crippen molar-refractivity contribution < 1.29 is 4.74 Å². The molecule has 0 heterocycles. The summed E-state index contributed by atoms with van der Waals surface area (Å²) in [7, 11) is 1.76. The molecule has 0 aromatic carbocycles. The van der Waals surface area contributed by atoms with E-state index in [9.17, 15) is 0 Å². The Kier molecular flexibility index (Phi) is 3.34. The van der Waals surface area contributed by atoms with E-state index in [1.807, 2.05) is 0 Å². The fraction of sp³-hybridized carbons (Fsp3) is 1.00. The molecule has 0 aromatic heterocycles. The summed E-state index contributed by atoms with van der Waals surface area (Å²) in [6, 6.07) is 1.41. The summed E-state index contributed by atoms with van der Waals surface area (Å²) in [6.45, 7) is 5.39. The van der Waals surface area contributed by atoms with Gasteiger partial charge in [0.05, 0.1) is 0 Å². The molecule has 1 fully saturated rings. The van der Waals surface area contributed by atoms with Crippen LogP contribution in [0, 0.1) is 5.92 Å². The van der Waals surface area contributed by atoms with E-state index in [1.165, 1.54) is 6.42 Å². The summed E-state index contributed by atoms with van der Waals surface area (Å²) in [5.74, 6) is 0.903. The van der Waals surface area contributed by atoms with Crippen LogP contribution >= 0.6 is 0 Å². The average molecular weight is 157 g/mol. The number of hydrogen-bond acceptors (Lipinski definition) is 2. The van der Waals surface area contributed by atoms with Crippen LogP contribution < -0.4 is 5.32 Å². The lowest BCUT2D eigenvalue weighted by molar-refractivity contribution is 0.184. The molecule has 0 radical (unpaired) electrons. The zero-order valence-corrected chi connectivity index (χ0v) is 7.76. The lowest BCUT2D eigenvalue weighted by Crippen LogP contribution is -2.29. The molecule has 0 spiro atoms. The molecule has 1 saturated carbocycles. The van der Waals surface area contributed by atoms with E-state index in [1.54, 1.807) is 7.11 Å². The molecule has 1 aliphatic rings. The van der Waals surface area contributed by atoms with Gasteiger partial charge >= 0.3 is 0 Å². The Labute approximate surface area is 69.3 Å². The Morgan fingerprint density at radius 1 is 1.64 bits per heavy atom. The molecule has 0 aliphatic heterocycles. The van der Waals surface area contributed by atoms with E-state index in [2.05, 4.69) is 19.2 Å². The third kappa shape index (κ3) is 3.21. The van der Waals surface area contributed by atoms with Crippen LogP contribution in [0.1, 0.15) is 26.7 Å². The molecule has 1 N–H and O–H groups in total. The number of rotatable bonds is 5. The highest BCUT2D eigenvalue weighted by Crippen LogP contribution is 2.29. The van der Waals surface area contributed by atoms with E-state index < -0.39 is 0 Å². The molecule has 3 unspecified atom stereocenters. The van der Waals surface area contributed by atoms with Crippen LogP contribution in [-0.2, 0) is 4.74 Å². The molecule has 0 bridgehead atoms. The fourth-order valence-corrected chi connectivity index (χ4v) is 1.30. The minimum atomic E-state index is 0.616. The fourth-order valence-electron chi connectivity index (χ4n) is 1.30. The normalized spacial score (nSPS) is 31.9. The second kappa shape index (κ2) is 4.07. The van der Waals surface area contributed by atoms with Crippen molar-refractivity contribution in [2.24, 2.45) is 5.92 Å². The van der Waals surface area contributed by atoms with Crippen molar-refractivity contribution in [2.75, 3.05) is 13.7 Å². The first-order chi connectivity index (χ1) is 5.24. The summed E-state index contributed by atoms with van der Waals surface area (Å²) in [6.07, 6.45) is 2.48. The van der Waals surface area contributed by atoms with E-state index in [0.717, 1.165) is 25.0 Å². The predicted octanol–water partition coefficient (Wildman–Crippen LogP) is 1.41. The van der Waals surface area contributed by atoms with E-state index in [0.29, 0.717) is 6.04 Å². The van der Waals surface area contributed by atoms with Gasteiger partial charge in [-0.05, 0) is 25.7 Å². The van der Waals surface area contributed by atoms with Gasteiger partial charge in [-0.15, -0.1) is 0 Å². The standard InChI is InChI=1S/C9H19NO/c1-7-6-9(7)10-8(2)4-5-11-3/h7-10H,4-6H2,1-3H3. The zero-order chi connectivity index (χ0) is 8.27. The van der Waals surface area contributed by atoms with Crippen LogP contribution in [-0.4, -0.2) is 25.8 Å². The van der Waals surface area contributed by atoms with Crippen LogP contribution in [0.3, 0.4) is 0 Å². The molecular weight excluding hydrogens is 138 g/mol. The van der Waals surface area contributed by atoms with Crippen molar-refractivity contribution in [3.05, 3.63) is 0 Å². The van der Waals surface area contributed by atoms with E-state index in [-0.39, 0.29) is 0 Å². The molecule has 11 heavy (non-hydrogen) atoms. The first-order valence-corrected chi connectivity index (χ1v) is 4.49. The molecule has 1 rings (SSSR count). The van der Waals surface area contributed by atoms with Crippen molar-refractivity contribution in [3.8, 4) is 0 Å². The van der Waals surface area contributed by atoms with Gasteiger partial charge in [0.15, 0.2) is 0 Å². The summed E-state index contributed by atoms with van der Waals surface area (Å²) >= 11 is 0. The second-order valence-electron chi connectivity index (χ2n) is 3.67. The molecule has 2 nitrogen and oxygen atoms in total. The van der Waals surface area contributed by atoms with Gasteiger partial charge in [0.1, 0.15) is 0 Å². The lowest BCUT2D eigenvalue weighted by atomic mass is 10.2. The molecule has 0 aromatic rings. The largest absolute Gasteiger partial charge is 0.385 e. The topological polar surface area (TPSA) is 21.3 Å². The quantitative estimate of drug-likeness (QED) is 0.651. The minimum absolute atomic E-state index is 0.616. The Morgan fingerprint density at radius 3 is 2.73 bits per heavy atom. The van der Waals surface area contributed by atoms with Crippen molar-refractivity contribution in [1.82, 2.24) is 5.32 Å². The lowest BCUT2D eigenvalue weighted by Gasteiger charge is -2.12. The highest BCUT2D eigenvalue weighted by atomic mass is 16.5. The van der Waals surface area contributed by atoms with Gasteiger partial charge in [0, 0.05) is 25.8 Å². The van der Waals surface area contributed by atoms with Crippen molar-refractivity contribution in [3.63, 3.8) is 0 Å². The molecule has 2 heteroatoms. The molecular formula is C9H19NO. The highest BCUT2D eigenvalue weighted by Gasteiger charge is 2.32. The zero-order valence-electron chi connectivity index (χ0n) is 7.76. The number of ether oxygens (including phenoxy) is 1. The molecule has 1 aliphatic carbocycles. The summed E-state index contributed by atoms with van der Waals surface area (Å²) < 4.78 is 5.00. The van der Waals surface area contributed by atoms with Crippen molar-refractivity contribution in [2.45, 2.75) is 38.8 Å². The molecule has 0 saturated heterocycles. The van der Waals surface area contributed by atoms with Crippen LogP contribution in [0.2, 0.25) is 0 Å². The van der Waals surface area contributed by atoms with Crippen molar-refractivity contribution >= 4 is 0 Å². The van der Waals surface area contributed by atoms with Gasteiger partial charge in [0.25, 0.3) is 0 Å². The Balaban J connectivity index is 1.97. The van der Waals surface area contributed by atoms with Gasteiger partial charge in [-0.1, -0.05) is 6.92 Å². The molecule has 3 atom stereocenters. The maximum absolute atomic E-state index is 5.00. The van der Waals surface area contributed by atoms with Crippen LogP contribution in [0.15, 0.2) is 0 Å². The van der Waals surface area contributed by atoms with E-state index in [4.69, 9.17) is 4.74 Å². The number of methoxy groups -OCH3 is 1. The molecule has 0 amide bonds. The Hall–Kier alpha value is -0.0800. The Morgan fingerprint density at radius 2 is 2.27 bits per heavy atom. The number of hydrogen-bond donors (Lipinski definition) is 1. The van der Waals surface area contributed by atoms with Gasteiger partial charge in [-0.2, -0.15) is 0 Å².